The van der Waals surface area contributed by atoms with E-state index in [0.29, 0.717) is 5.75 Å². The Morgan fingerprint density at radius 1 is 1.44 bits per heavy atom. The molecule has 0 N–H and O–H groups in total. The van der Waals surface area contributed by atoms with Crippen molar-refractivity contribution in [2.24, 2.45) is 0 Å². The highest BCUT2D eigenvalue weighted by atomic mass is 35.5. The van der Waals surface area contributed by atoms with Crippen LogP contribution in [0.4, 0.5) is 0 Å². The number of hydrogen-bond donors (Lipinski definition) is 0. The van der Waals surface area contributed by atoms with Gasteiger partial charge in [0, 0.05) is 0 Å². The van der Waals surface area contributed by atoms with Crippen LogP contribution in [0.5, 0.6) is 5.75 Å². The molecule has 1 aromatic carbocycles. The average molecular weight is 259 g/mol. The predicted octanol–water partition coefficient (Wildman–Crippen LogP) is 2.64. The molecular weight excluding hydrogens is 251 g/mol. The number of rotatable bonds is 3. The number of benzene rings is 1. The Morgan fingerprint density at radius 3 is 2.50 bits per heavy atom. The predicted molar refractivity (Wildman–Crippen MR) is 62.7 cm³/mol. The van der Waals surface area contributed by atoms with Crippen molar-refractivity contribution in [1.29, 1.82) is 0 Å². The largest absolute Gasteiger partial charge is 0.496 e. The maximum absolute atomic E-state index is 11.0. The van der Waals surface area contributed by atoms with E-state index in [4.69, 9.17) is 27.9 Å². The summed E-state index contributed by atoms with van der Waals surface area (Å²) in [5.74, 6) is 1.79. The SMILES string of the molecule is COc1cc(C)cc(Cl)c1C(=C=O)C(=O)Cl. The first kappa shape index (κ1) is 12.8. The summed E-state index contributed by atoms with van der Waals surface area (Å²) in [5.41, 5.74) is 0.686. The molecule has 0 spiro atoms. The number of methoxy groups -OCH3 is 1. The van der Waals surface area contributed by atoms with E-state index in [0.717, 1.165) is 5.56 Å². The van der Waals surface area contributed by atoms with Crippen LogP contribution < -0.4 is 4.74 Å². The van der Waals surface area contributed by atoms with Gasteiger partial charge in [-0.25, -0.2) is 4.79 Å². The van der Waals surface area contributed by atoms with Gasteiger partial charge in [-0.2, -0.15) is 0 Å². The number of ether oxygens (including phenoxy) is 1. The number of carbonyl (C=O) groups excluding carboxylic acids is 2. The van der Waals surface area contributed by atoms with Crippen LogP contribution in [0.15, 0.2) is 12.1 Å². The first-order valence-electron chi connectivity index (χ1n) is 4.30. The van der Waals surface area contributed by atoms with Gasteiger partial charge < -0.3 is 4.74 Å². The molecule has 0 heterocycles. The van der Waals surface area contributed by atoms with Gasteiger partial charge in [0.15, 0.2) is 0 Å². The van der Waals surface area contributed by atoms with E-state index in [1.165, 1.54) is 13.1 Å². The highest BCUT2D eigenvalue weighted by Crippen LogP contribution is 2.34. The number of carbonyl (C=O) groups is 1. The minimum atomic E-state index is -0.918. The zero-order valence-electron chi connectivity index (χ0n) is 8.64. The second-order valence-corrected chi connectivity index (χ2v) is 3.83. The molecule has 16 heavy (non-hydrogen) atoms. The van der Waals surface area contributed by atoms with Crippen molar-refractivity contribution in [2.45, 2.75) is 6.92 Å². The van der Waals surface area contributed by atoms with Gasteiger partial charge in [-0.15, -0.1) is 0 Å². The number of halogens is 2. The third-order valence-corrected chi connectivity index (χ3v) is 2.45. The maximum Gasteiger partial charge on any atom is 0.264 e. The van der Waals surface area contributed by atoms with E-state index >= 15 is 0 Å². The van der Waals surface area contributed by atoms with E-state index in [1.54, 1.807) is 12.1 Å². The quantitative estimate of drug-likeness (QED) is 0.476. The normalized spacial score (nSPS) is 9.50. The Kier molecular flexibility index (Phi) is 4.13. The molecule has 5 heteroatoms. The summed E-state index contributed by atoms with van der Waals surface area (Å²) in [6, 6.07) is 3.26. The second kappa shape index (κ2) is 5.17. The Bertz CT molecular complexity index is 488. The highest BCUT2D eigenvalue weighted by Gasteiger charge is 2.19. The molecule has 1 aromatic rings. The van der Waals surface area contributed by atoms with Crippen LogP contribution in [-0.2, 0) is 9.59 Å². The Balaban J connectivity index is 3.54. The molecule has 0 saturated carbocycles. The van der Waals surface area contributed by atoms with Gasteiger partial charge >= 0.3 is 0 Å². The molecule has 0 aromatic heterocycles. The first-order chi connectivity index (χ1) is 7.51. The van der Waals surface area contributed by atoms with E-state index in [1.807, 2.05) is 6.92 Å². The molecule has 0 unspecified atom stereocenters. The van der Waals surface area contributed by atoms with Gasteiger partial charge in [-0.1, -0.05) is 11.6 Å². The molecule has 0 radical (unpaired) electrons. The van der Waals surface area contributed by atoms with Gasteiger partial charge in [0.25, 0.3) is 5.24 Å². The molecule has 0 saturated heterocycles. The zero-order chi connectivity index (χ0) is 12.3. The van der Waals surface area contributed by atoms with Crippen LogP contribution in [0.2, 0.25) is 5.02 Å². The van der Waals surface area contributed by atoms with Gasteiger partial charge in [-0.3, -0.25) is 4.79 Å². The van der Waals surface area contributed by atoms with Gasteiger partial charge in [0.1, 0.15) is 17.3 Å². The molecule has 0 aliphatic heterocycles. The summed E-state index contributed by atoms with van der Waals surface area (Å²) < 4.78 is 5.04. The van der Waals surface area contributed by atoms with Crippen molar-refractivity contribution >= 4 is 40.0 Å². The molecule has 0 aliphatic rings. The molecule has 0 amide bonds. The molecule has 1 rings (SSSR count). The van der Waals surface area contributed by atoms with Crippen molar-refractivity contribution in [1.82, 2.24) is 0 Å². The zero-order valence-corrected chi connectivity index (χ0v) is 10.1. The standard InChI is InChI=1S/C11H8Cl2O3/c1-6-3-8(12)10(9(4-6)16-2)7(5-14)11(13)15/h3-4H,1-2H3. The second-order valence-electron chi connectivity index (χ2n) is 3.07. The number of aryl methyl sites for hydroxylation is 1. The summed E-state index contributed by atoms with van der Waals surface area (Å²) >= 11 is 11.2. The molecule has 0 fully saturated rings. The van der Waals surface area contributed by atoms with Crippen LogP contribution in [-0.4, -0.2) is 18.3 Å². The van der Waals surface area contributed by atoms with Crippen molar-refractivity contribution in [3.05, 3.63) is 28.3 Å². The summed E-state index contributed by atoms with van der Waals surface area (Å²) in [6.07, 6.45) is 0. The third kappa shape index (κ3) is 2.45. The van der Waals surface area contributed by atoms with Crippen molar-refractivity contribution < 1.29 is 14.3 Å². The van der Waals surface area contributed by atoms with E-state index in [9.17, 15) is 9.59 Å². The lowest BCUT2D eigenvalue weighted by Crippen LogP contribution is -1.99. The summed E-state index contributed by atoms with van der Waals surface area (Å²) in [7, 11) is 1.41. The van der Waals surface area contributed by atoms with Crippen LogP contribution in [0.1, 0.15) is 11.1 Å². The van der Waals surface area contributed by atoms with Crippen LogP contribution in [0, 0.1) is 6.92 Å². The summed E-state index contributed by atoms with van der Waals surface area (Å²) in [5, 5.41) is -0.691. The highest BCUT2D eigenvalue weighted by molar-refractivity contribution is 6.76. The fourth-order valence-corrected chi connectivity index (χ4v) is 1.80. The van der Waals surface area contributed by atoms with Gasteiger partial charge in [-0.05, 0) is 36.2 Å². The summed E-state index contributed by atoms with van der Waals surface area (Å²) in [4.78, 5) is 21.7. The number of allylic oxidation sites excluding steroid dienone is 1. The number of hydrogen-bond acceptors (Lipinski definition) is 3. The lowest BCUT2D eigenvalue weighted by Gasteiger charge is -2.10. The van der Waals surface area contributed by atoms with E-state index in [-0.39, 0.29) is 16.2 Å². The lowest BCUT2D eigenvalue weighted by atomic mass is 10.0. The molecule has 3 nitrogen and oxygen atoms in total. The Labute approximate surface area is 103 Å². The van der Waals surface area contributed by atoms with Gasteiger partial charge in [0.05, 0.1) is 17.7 Å². The molecule has 0 bridgehead atoms. The van der Waals surface area contributed by atoms with Crippen molar-refractivity contribution in [2.75, 3.05) is 7.11 Å². The summed E-state index contributed by atoms with van der Waals surface area (Å²) in [6.45, 7) is 1.81. The fraction of sp³-hybridized carbons (Fsp3) is 0.182. The molecule has 84 valence electrons. The van der Waals surface area contributed by atoms with Crippen molar-refractivity contribution in [3.63, 3.8) is 0 Å². The maximum atomic E-state index is 11.0. The van der Waals surface area contributed by atoms with Crippen molar-refractivity contribution in [3.8, 4) is 5.75 Å². The monoisotopic (exact) mass is 258 g/mol. The van der Waals surface area contributed by atoms with E-state index in [2.05, 4.69) is 0 Å². The fourth-order valence-electron chi connectivity index (χ4n) is 1.30. The average Bonchev–Trinajstić information content (AvgIpc) is 2.21. The molecule has 0 atom stereocenters. The Hall–Kier alpha value is -1.28. The minimum absolute atomic E-state index is 0.171. The minimum Gasteiger partial charge on any atom is -0.496 e. The molecular formula is C11H8Cl2O3. The third-order valence-electron chi connectivity index (χ3n) is 1.97. The lowest BCUT2D eigenvalue weighted by molar-refractivity contribution is -0.106. The topological polar surface area (TPSA) is 43.4 Å². The van der Waals surface area contributed by atoms with Crippen LogP contribution in [0.3, 0.4) is 0 Å². The van der Waals surface area contributed by atoms with Gasteiger partial charge in [0.2, 0.25) is 0 Å². The smallest absolute Gasteiger partial charge is 0.264 e. The van der Waals surface area contributed by atoms with E-state index < -0.39 is 5.24 Å². The Morgan fingerprint density at radius 2 is 2.06 bits per heavy atom. The van der Waals surface area contributed by atoms with Crippen LogP contribution >= 0.6 is 23.2 Å². The molecule has 0 aliphatic carbocycles. The first-order valence-corrected chi connectivity index (χ1v) is 5.06. The van der Waals surface area contributed by atoms with Crippen LogP contribution in [0.25, 0.3) is 5.57 Å².